The van der Waals surface area contributed by atoms with Crippen LogP contribution in [0, 0.1) is 5.92 Å². The van der Waals surface area contributed by atoms with Crippen LogP contribution in [-0.2, 0) is 0 Å². The highest BCUT2D eigenvalue weighted by Gasteiger charge is 2.47. The maximum atomic E-state index is 9.22. The maximum Gasteiger partial charge on any atom is 0.0652 e. The normalized spacial score (nSPS) is 44.6. The molecule has 1 heteroatoms. The van der Waals surface area contributed by atoms with Gasteiger partial charge in [-0.2, -0.15) is 0 Å². The molecule has 0 unspecified atom stereocenters. The van der Waals surface area contributed by atoms with Crippen molar-refractivity contribution in [2.45, 2.75) is 38.7 Å². The topological polar surface area (TPSA) is 20.2 Å². The lowest BCUT2D eigenvalue weighted by Crippen LogP contribution is -2.02. The molecule has 0 spiro atoms. The monoisotopic (exact) mass is 114 g/mol. The first-order chi connectivity index (χ1) is 3.67. The minimum atomic E-state index is -0.282. The Morgan fingerprint density at radius 2 is 2.25 bits per heavy atom. The van der Waals surface area contributed by atoms with E-state index >= 15 is 0 Å². The van der Waals surface area contributed by atoms with Crippen molar-refractivity contribution < 1.29 is 5.11 Å². The van der Waals surface area contributed by atoms with Gasteiger partial charge in [-0.1, -0.05) is 13.3 Å². The molecule has 1 aliphatic carbocycles. The Hall–Kier alpha value is -0.0400. The first-order valence-corrected chi connectivity index (χ1v) is 3.39. The third kappa shape index (κ3) is 1.03. The molecule has 1 aliphatic rings. The van der Waals surface area contributed by atoms with Crippen molar-refractivity contribution in [2.24, 2.45) is 5.92 Å². The maximum absolute atomic E-state index is 9.22. The Morgan fingerprint density at radius 1 is 1.75 bits per heavy atom. The fourth-order valence-corrected chi connectivity index (χ4v) is 1.20. The van der Waals surface area contributed by atoms with Crippen LogP contribution in [0.2, 0.25) is 0 Å². The highest BCUT2D eigenvalue weighted by Crippen LogP contribution is 2.45. The highest BCUT2D eigenvalue weighted by molar-refractivity contribution is 4.98. The minimum Gasteiger partial charge on any atom is -0.390 e. The minimum absolute atomic E-state index is 0.282. The Labute approximate surface area is 50.7 Å². The molecule has 0 aromatic carbocycles. The molecule has 0 aromatic heterocycles. The zero-order chi connectivity index (χ0) is 6.20. The van der Waals surface area contributed by atoms with Crippen molar-refractivity contribution in [3.63, 3.8) is 0 Å². The first kappa shape index (κ1) is 6.09. The van der Waals surface area contributed by atoms with Crippen molar-refractivity contribution >= 4 is 0 Å². The molecule has 0 heterocycles. The van der Waals surface area contributed by atoms with Crippen molar-refractivity contribution in [3.05, 3.63) is 0 Å². The molecule has 0 radical (unpaired) electrons. The lowest BCUT2D eigenvalue weighted by Gasteiger charge is -1.97. The SMILES string of the molecule is CCC[C@@H]1C[C@]1(C)O. The summed E-state index contributed by atoms with van der Waals surface area (Å²) in [6, 6.07) is 0. The zero-order valence-electron chi connectivity index (χ0n) is 5.65. The van der Waals surface area contributed by atoms with Crippen LogP contribution in [0.1, 0.15) is 33.1 Å². The molecular weight excluding hydrogens is 100 g/mol. The second-order valence-electron chi connectivity index (χ2n) is 3.05. The summed E-state index contributed by atoms with van der Waals surface area (Å²) in [7, 11) is 0. The summed E-state index contributed by atoms with van der Waals surface area (Å²) in [6.45, 7) is 4.09. The van der Waals surface area contributed by atoms with Crippen LogP contribution >= 0.6 is 0 Å². The van der Waals surface area contributed by atoms with Gasteiger partial charge in [0.25, 0.3) is 0 Å². The van der Waals surface area contributed by atoms with Gasteiger partial charge in [0.2, 0.25) is 0 Å². The van der Waals surface area contributed by atoms with Gasteiger partial charge >= 0.3 is 0 Å². The molecule has 0 bridgehead atoms. The summed E-state index contributed by atoms with van der Waals surface area (Å²) in [6.07, 6.45) is 3.44. The molecule has 0 aliphatic heterocycles. The summed E-state index contributed by atoms with van der Waals surface area (Å²) in [5, 5.41) is 9.22. The average molecular weight is 114 g/mol. The van der Waals surface area contributed by atoms with E-state index in [4.69, 9.17) is 0 Å². The van der Waals surface area contributed by atoms with Gasteiger partial charge in [0.05, 0.1) is 5.60 Å². The summed E-state index contributed by atoms with van der Waals surface area (Å²) in [4.78, 5) is 0. The van der Waals surface area contributed by atoms with E-state index in [1.165, 1.54) is 12.8 Å². The molecule has 1 fully saturated rings. The fourth-order valence-electron chi connectivity index (χ4n) is 1.20. The van der Waals surface area contributed by atoms with Crippen molar-refractivity contribution in [1.82, 2.24) is 0 Å². The van der Waals surface area contributed by atoms with Crippen LogP contribution in [0.4, 0.5) is 0 Å². The van der Waals surface area contributed by atoms with Gasteiger partial charge in [-0.05, 0) is 25.7 Å². The molecule has 1 N–H and O–H groups in total. The Bertz CT molecular complexity index is 86.4. The smallest absolute Gasteiger partial charge is 0.0652 e. The number of hydrogen-bond donors (Lipinski definition) is 1. The zero-order valence-corrected chi connectivity index (χ0v) is 5.65. The van der Waals surface area contributed by atoms with Gasteiger partial charge < -0.3 is 5.11 Å². The van der Waals surface area contributed by atoms with Crippen LogP contribution < -0.4 is 0 Å². The van der Waals surface area contributed by atoms with Crippen LogP contribution in [-0.4, -0.2) is 10.7 Å². The van der Waals surface area contributed by atoms with Crippen LogP contribution in [0.25, 0.3) is 0 Å². The van der Waals surface area contributed by atoms with Crippen molar-refractivity contribution in [2.75, 3.05) is 0 Å². The number of rotatable bonds is 2. The summed E-state index contributed by atoms with van der Waals surface area (Å²) < 4.78 is 0. The van der Waals surface area contributed by atoms with Gasteiger partial charge in [-0.25, -0.2) is 0 Å². The van der Waals surface area contributed by atoms with E-state index in [1.807, 2.05) is 6.92 Å². The van der Waals surface area contributed by atoms with Gasteiger partial charge in [-0.3, -0.25) is 0 Å². The molecule has 48 valence electrons. The van der Waals surface area contributed by atoms with Gasteiger partial charge in [0.1, 0.15) is 0 Å². The summed E-state index contributed by atoms with van der Waals surface area (Å²) >= 11 is 0. The van der Waals surface area contributed by atoms with Crippen LogP contribution in [0.15, 0.2) is 0 Å². The van der Waals surface area contributed by atoms with E-state index in [1.54, 1.807) is 0 Å². The molecule has 2 atom stereocenters. The van der Waals surface area contributed by atoms with E-state index in [2.05, 4.69) is 6.92 Å². The Balaban J connectivity index is 2.17. The largest absolute Gasteiger partial charge is 0.390 e. The molecule has 0 amide bonds. The second kappa shape index (κ2) is 1.73. The van der Waals surface area contributed by atoms with E-state index in [0.29, 0.717) is 5.92 Å². The molecule has 1 nitrogen and oxygen atoms in total. The standard InChI is InChI=1S/C7H14O/c1-3-4-6-5-7(6,2)8/h6,8H,3-5H2,1-2H3/t6-,7+/m1/s1. The molecule has 1 rings (SSSR count). The van der Waals surface area contributed by atoms with E-state index in [-0.39, 0.29) is 5.60 Å². The Kier molecular flexibility index (Phi) is 1.31. The lowest BCUT2D eigenvalue weighted by molar-refractivity contribution is 0.150. The van der Waals surface area contributed by atoms with Crippen LogP contribution in [0.3, 0.4) is 0 Å². The number of aliphatic hydroxyl groups is 1. The fraction of sp³-hybridized carbons (Fsp3) is 1.00. The molecule has 0 aromatic rings. The predicted molar refractivity (Wildman–Crippen MR) is 33.6 cm³/mol. The second-order valence-corrected chi connectivity index (χ2v) is 3.05. The Morgan fingerprint density at radius 3 is 2.38 bits per heavy atom. The van der Waals surface area contributed by atoms with E-state index in [9.17, 15) is 5.11 Å². The van der Waals surface area contributed by atoms with E-state index in [0.717, 1.165) is 6.42 Å². The van der Waals surface area contributed by atoms with Crippen molar-refractivity contribution in [3.8, 4) is 0 Å². The van der Waals surface area contributed by atoms with Crippen LogP contribution in [0.5, 0.6) is 0 Å². The first-order valence-electron chi connectivity index (χ1n) is 3.39. The third-order valence-corrected chi connectivity index (χ3v) is 2.02. The van der Waals surface area contributed by atoms with Gasteiger partial charge in [-0.15, -0.1) is 0 Å². The predicted octanol–water partition coefficient (Wildman–Crippen LogP) is 1.56. The van der Waals surface area contributed by atoms with Crippen molar-refractivity contribution in [1.29, 1.82) is 0 Å². The highest BCUT2D eigenvalue weighted by atomic mass is 16.3. The van der Waals surface area contributed by atoms with Gasteiger partial charge in [0.15, 0.2) is 0 Å². The molecule has 8 heavy (non-hydrogen) atoms. The quantitative estimate of drug-likeness (QED) is 0.577. The summed E-state index contributed by atoms with van der Waals surface area (Å²) in [5.41, 5.74) is -0.282. The molecule has 1 saturated carbocycles. The van der Waals surface area contributed by atoms with Gasteiger partial charge in [0, 0.05) is 0 Å². The lowest BCUT2D eigenvalue weighted by atomic mass is 10.2. The molecular formula is C7H14O. The summed E-state index contributed by atoms with van der Waals surface area (Å²) in [5.74, 6) is 0.618. The van der Waals surface area contributed by atoms with E-state index < -0.39 is 0 Å². The molecule has 0 saturated heterocycles. The average Bonchev–Trinajstić information content (AvgIpc) is 2.15. The number of hydrogen-bond acceptors (Lipinski definition) is 1. The third-order valence-electron chi connectivity index (χ3n) is 2.02.